The van der Waals surface area contributed by atoms with E-state index in [1.165, 1.54) is 15.0 Å². The summed E-state index contributed by atoms with van der Waals surface area (Å²) in [6, 6.07) is 8.41. The van der Waals surface area contributed by atoms with Crippen LogP contribution in [-0.4, -0.2) is 57.9 Å². The number of imidazole rings is 1. The number of carbonyl (C=O) groups excluding carboxylic acids is 1. The van der Waals surface area contributed by atoms with Crippen LogP contribution in [0.4, 0.5) is 10.7 Å². The van der Waals surface area contributed by atoms with Gasteiger partial charge in [-0.25, -0.2) is 14.8 Å². The SMILES string of the molecule is C[C@H]1CC2(CCN(c3ncc(Sc4cccc5ccsc45)c4nccn34)CC2NC(=O)OC(C)(C)C)CO1. The first-order valence-electron chi connectivity index (χ1n) is 13.0. The van der Waals surface area contributed by atoms with E-state index in [0.717, 1.165) is 35.9 Å². The highest BCUT2D eigenvalue weighted by Crippen LogP contribution is 2.43. The maximum atomic E-state index is 12.8. The van der Waals surface area contributed by atoms with Gasteiger partial charge in [-0.05, 0) is 63.4 Å². The van der Waals surface area contributed by atoms with Gasteiger partial charge in [-0.15, -0.1) is 11.3 Å². The molecule has 0 aliphatic carbocycles. The van der Waals surface area contributed by atoms with Crippen LogP contribution < -0.4 is 10.2 Å². The first-order chi connectivity index (χ1) is 18.2. The maximum Gasteiger partial charge on any atom is 0.407 e. The van der Waals surface area contributed by atoms with Crippen LogP contribution in [-0.2, 0) is 9.47 Å². The van der Waals surface area contributed by atoms with E-state index >= 15 is 0 Å². The minimum atomic E-state index is -0.559. The molecule has 8 nitrogen and oxygen atoms in total. The van der Waals surface area contributed by atoms with Crippen LogP contribution >= 0.6 is 23.1 Å². The lowest BCUT2D eigenvalue weighted by atomic mass is 9.73. The third kappa shape index (κ3) is 4.85. The number of aromatic nitrogens is 3. The second-order valence-corrected chi connectivity index (χ2v) is 13.3. The number of hydrogen-bond donors (Lipinski definition) is 1. The van der Waals surface area contributed by atoms with Crippen LogP contribution in [0.5, 0.6) is 0 Å². The van der Waals surface area contributed by atoms with Crippen LogP contribution in [0.2, 0.25) is 0 Å². The molecule has 2 aliphatic rings. The molecule has 10 heteroatoms. The molecule has 38 heavy (non-hydrogen) atoms. The highest BCUT2D eigenvalue weighted by atomic mass is 32.2. The van der Waals surface area contributed by atoms with Gasteiger partial charge in [0.1, 0.15) is 5.60 Å². The van der Waals surface area contributed by atoms with Crippen LogP contribution in [0.15, 0.2) is 58.0 Å². The van der Waals surface area contributed by atoms with Gasteiger partial charge in [-0.3, -0.25) is 4.40 Å². The molecule has 0 saturated carbocycles. The Morgan fingerprint density at radius 3 is 2.92 bits per heavy atom. The monoisotopic (exact) mass is 551 g/mol. The average molecular weight is 552 g/mol. The number of alkyl carbamates (subject to hydrolysis) is 1. The van der Waals surface area contributed by atoms with Gasteiger partial charge < -0.3 is 19.7 Å². The van der Waals surface area contributed by atoms with Gasteiger partial charge in [-0.1, -0.05) is 23.9 Å². The number of hydrogen-bond acceptors (Lipinski definition) is 8. The van der Waals surface area contributed by atoms with E-state index in [9.17, 15) is 4.79 Å². The number of ether oxygens (including phenoxy) is 2. The van der Waals surface area contributed by atoms with Gasteiger partial charge >= 0.3 is 6.09 Å². The van der Waals surface area contributed by atoms with Crippen molar-refractivity contribution in [1.82, 2.24) is 19.7 Å². The van der Waals surface area contributed by atoms with E-state index in [2.05, 4.69) is 51.2 Å². The number of amides is 1. The van der Waals surface area contributed by atoms with Crippen molar-refractivity contribution < 1.29 is 14.3 Å². The summed E-state index contributed by atoms with van der Waals surface area (Å²) in [5.74, 6) is 0.828. The second kappa shape index (κ2) is 9.73. The number of rotatable bonds is 4. The predicted molar refractivity (Wildman–Crippen MR) is 151 cm³/mol. The standard InChI is InChI=1S/C28H33N5O3S2/c1-18-14-28(17-35-18)9-11-32(16-22(28)31-26(34)36-27(2,3)4)25-30-15-21(24-29-10-12-33(24)25)38-20-7-5-6-19-8-13-37-23(19)20/h5-8,10,12-13,15,18,22H,9,11,14,16-17H2,1-4H3,(H,31,34)/t18-,22?,28?/m0/s1. The molecule has 1 spiro atoms. The zero-order valence-electron chi connectivity index (χ0n) is 22.1. The second-order valence-electron chi connectivity index (χ2n) is 11.3. The van der Waals surface area contributed by atoms with Crippen LogP contribution in [0.3, 0.4) is 0 Å². The van der Waals surface area contributed by atoms with E-state index in [1.54, 1.807) is 23.1 Å². The molecule has 3 aromatic heterocycles. The molecular formula is C28H33N5O3S2. The molecule has 0 radical (unpaired) electrons. The van der Waals surface area contributed by atoms with Gasteiger partial charge in [0.25, 0.3) is 0 Å². The molecule has 1 aromatic carbocycles. The normalized spacial score (nSPS) is 23.9. The minimum absolute atomic E-state index is 0.115. The van der Waals surface area contributed by atoms with Crippen LogP contribution in [0.25, 0.3) is 15.7 Å². The summed E-state index contributed by atoms with van der Waals surface area (Å²) in [6.45, 7) is 9.84. The highest BCUT2D eigenvalue weighted by molar-refractivity contribution is 8.00. The summed E-state index contributed by atoms with van der Waals surface area (Å²) in [4.78, 5) is 26.9. The van der Waals surface area contributed by atoms with Crippen molar-refractivity contribution in [2.24, 2.45) is 5.41 Å². The van der Waals surface area contributed by atoms with E-state index in [-0.39, 0.29) is 17.6 Å². The summed E-state index contributed by atoms with van der Waals surface area (Å²) in [5, 5.41) is 6.57. The number of nitrogens with zero attached hydrogens (tertiary/aromatic N) is 4. The Morgan fingerprint density at radius 2 is 2.13 bits per heavy atom. The lowest BCUT2D eigenvalue weighted by molar-refractivity contribution is 0.0385. The molecule has 200 valence electrons. The number of anilines is 1. The van der Waals surface area contributed by atoms with Gasteiger partial charge in [0.15, 0.2) is 5.65 Å². The summed E-state index contributed by atoms with van der Waals surface area (Å²) < 4.78 is 15.0. The van der Waals surface area contributed by atoms with E-state index < -0.39 is 11.7 Å². The highest BCUT2D eigenvalue weighted by Gasteiger charge is 2.49. The maximum absolute atomic E-state index is 12.8. The van der Waals surface area contributed by atoms with Crippen molar-refractivity contribution in [3.05, 3.63) is 48.2 Å². The lowest BCUT2D eigenvalue weighted by Crippen LogP contribution is -2.60. The van der Waals surface area contributed by atoms with Crippen molar-refractivity contribution in [3.8, 4) is 0 Å². The molecule has 2 fully saturated rings. The minimum Gasteiger partial charge on any atom is -0.444 e. The fourth-order valence-electron chi connectivity index (χ4n) is 5.64. The van der Waals surface area contributed by atoms with E-state index in [4.69, 9.17) is 19.4 Å². The molecule has 1 N–H and O–H groups in total. The van der Waals surface area contributed by atoms with Gasteiger partial charge in [0.2, 0.25) is 5.95 Å². The molecular weight excluding hydrogens is 518 g/mol. The largest absolute Gasteiger partial charge is 0.444 e. The first-order valence-corrected chi connectivity index (χ1v) is 14.7. The fraction of sp³-hybridized carbons (Fsp3) is 0.464. The van der Waals surface area contributed by atoms with E-state index in [0.29, 0.717) is 13.2 Å². The zero-order chi connectivity index (χ0) is 26.5. The molecule has 1 amide bonds. The molecule has 2 aliphatic heterocycles. The average Bonchev–Trinajstić information content (AvgIpc) is 3.60. The smallest absolute Gasteiger partial charge is 0.407 e. The Bertz CT molecular complexity index is 1480. The molecule has 6 rings (SSSR count). The Kier molecular flexibility index (Phi) is 6.52. The number of benzene rings is 1. The summed E-state index contributed by atoms with van der Waals surface area (Å²) in [5.41, 5.74) is 0.204. The van der Waals surface area contributed by atoms with Crippen LogP contribution in [0.1, 0.15) is 40.5 Å². The van der Waals surface area contributed by atoms with Crippen molar-refractivity contribution in [3.63, 3.8) is 0 Å². The van der Waals surface area contributed by atoms with Crippen molar-refractivity contribution in [2.75, 3.05) is 24.6 Å². The van der Waals surface area contributed by atoms with Crippen molar-refractivity contribution in [1.29, 1.82) is 0 Å². The van der Waals surface area contributed by atoms with Crippen molar-refractivity contribution >= 4 is 50.9 Å². The Hall–Kier alpha value is -2.82. The van der Waals surface area contributed by atoms with E-state index in [1.807, 2.05) is 39.4 Å². The first kappa shape index (κ1) is 25.5. The molecule has 3 atom stereocenters. The number of nitrogens with one attached hydrogen (secondary N) is 1. The summed E-state index contributed by atoms with van der Waals surface area (Å²) in [6.07, 6.45) is 7.31. The van der Waals surface area contributed by atoms with Gasteiger partial charge in [0, 0.05) is 46.7 Å². The molecule has 5 heterocycles. The Labute approximate surface area is 230 Å². The topological polar surface area (TPSA) is 81.0 Å². The molecule has 2 unspecified atom stereocenters. The van der Waals surface area contributed by atoms with Crippen LogP contribution in [0, 0.1) is 5.41 Å². The van der Waals surface area contributed by atoms with Crippen molar-refractivity contribution in [2.45, 2.75) is 68.1 Å². The lowest BCUT2D eigenvalue weighted by Gasteiger charge is -2.45. The third-order valence-electron chi connectivity index (χ3n) is 7.38. The van der Waals surface area contributed by atoms with Gasteiger partial charge in [0.05, 0.1) is 23.6 Å². The number of carbonyl (C=O) groups is 1. The van der Waals surface area contributed by atoms with Gasteiger partial charge in [-0.2, -0.15) is 0 Å². The number of fused-ring (bicyclic) bond motifs is 2. The molecule has 0 bridgehead atoms. The summed E-state index contributed by atoms with van der Waals surface area (Å²) >= 11 is 3.45. The fourth-order valence-corrected chi connectivity index (χ4v) is 7.66. The Balaban J connectivity index is 1.28. The number of piperidine rings is 1. The molecule has 2 saturated heterocycles. The quantitative estimate of drug-likeness (QED) is 0.333. The summed E-state index contributed by atoms with van der Waals surface area (Å²) in [7, 11) is 0. The molecule has 4 aromatic rings. The predicted octanol–water partition coefficient (Wildman–Crippen LogP) is 5.99. The number of thiophene rings is 1. The third-order valence-corrected chi connectivity index (χ3v) is 9.54. The zero-order valence-corrected chi connectivity index (χ0v) is 23.8. The Morgan fingerprint density at radius 1 is 1.26 bits per heavy atom.